The zero-order valence-corrected chi connectivity index (χ0v) is 13.4. The Bertz CT molecular complexity index is 741. The minimum Gasteiger partial charge on any atom is -0.0898 e. The van der Waals surface area contributed by atoms with Crippen LogP contribution in [0.4, 0.5) is 0 Å². The Morgan fingerprint density at radius 1 is 0.682 bits per heavy atom. The fourth-order valence-electron chi connectivity index (χ4n) is 2.36. The highest BCUT2D eigenvalue weighted by atomic mass is 32.2. The van der Waals surface area contributed by atoms with Crippen LogP contribution in [0.15, 0.2) is 95.9 Å². The average Bonchev–Trinajstić information content (AvgIpc) is 2.61. The summed E-state index contributed by atoms with van der Waals surface area (Å²) in [6.07, 6.45) is 2.18. The Morgan fingerprint density at radius 3 is 1.82 bits per heavy atom. The molecule has 0 atom stereocenters. The van der Waals surface area contributed by atoms with E-state index in [1.807, 2.05) is 12.1 Å². The van der Waals surface area contributed by atoms with Crippen molar-refractivity contribution in [1.29, 1.82) is 0 Å². The van der Waals surface area contributed by atoms with Gasteiger partial charge in [-0.2, -0.15) is 0 Å². The normalized spacial score (nSPS) is 11.4. The van der Waals surface area contributed by atoms with Crippen LogP contribution in [0, 0.1) is 0 Å². The molecule has 22 heavy (non-hydrogen) atoms. The van der Waals surface area contributed by atoms with Crippen LogP contribution in [-0.4, -0.2) is 0 Å². The molecule has 0 N–H and O–H groups in total. The van der Waals surface area contributed by atoms with Gasteiger partial charge in [-0.3, -0.25) is 0 Å². The van der Waals surface area contributed by atoms with E-state index in [0.29, 0.717) is 0 Å². The summed E-state index contributed by atoms with van der Waals surface area (Å²) in [5, 5.41) is 0. The Hall–Kier alpha value is -2.25. The number of hydrogen-bond donors (Lipinski definition) is 0. The first-order chi connectivity index (χ1) is 10.9. The van der Waals surface area contributed by atoms with E-state index in [-0.39, 0.29) is 0 Å². The lowest BCUT2D eigenvalue weighted by Crippen LogP contribution is -1.82. The molecule has 0 aliphatic rings. The molecule has 1 heteroatoms. The molecule has 0 aromatic heterocycles. The molecule has 0 saturated heterocycles. The van der Waals surface area contributed by atoms with Gasteiger partial charge >= 0.3 is 0 Å². The molecular formula is C21H18S. The third kappa shape index (κ3) is 3.49. The number of thioether (sulfide) groups is 1. The van der Waals surface area contributed by atoms with Gasteiger partial charge in [0.1, 0.15) is 0 Å². The van der Waals surface area contributed by atoms with Gasteiger partial charge in [0.25, 0.3) is 0 Å². The Kier molecular flexibility index (Phi) is 4.77. The smallest absolute Gasteiger partial charge is 0.0152 e. The van der Waals surface area contributed by atoms with Crippen LogP contribution in [0.2, 0.25) is 0 Å². The van der Waals surface area contributed by atoms with Gasteiger partial charge in [-0.15, -0.1) is 0 Å². The predicted molar refractivity (Wildman–Crippen MR) is 97.8 cm³/mol. The van der Waals surface area contributed by atoms with Crippen molar-refractivity contribution >= 4 is 16.7 Å². The van der Waals surface area contributed by atoms with Crippen molar-refractivity contribution in [3.05, 3.63) is 96.6 Å². The number of hydrogen-bond acceptors (Lipinski definition) is 1. The first-order valence-electron chi connectivity index (χ1n) is 7.42. The predicted octanol–water partition coefficient (Wildman–Crippen LogP) is 6.51. The number of allylic oxidation sites excluding steroid dienone is 1. The fourth-order valence-corrected chi connectivity index (χ4v) is 3.28. The lowest BCUT2D eigenvalue weighted by molar-refractivity contribution is 1.47. The van der Waals surface area contributed by atoms with Crippen molar-refractivity contribution in [3.8, 4) is 11.1 Å². The van der Waals surface area contributed by atoms with Crippen molar-refractivity contribution in [2.75, 3.05) is 0 Å². The van der Waals surface area contributed by atoms with Crippen molar-refractivity contribution in [3.63, 3.8) is 0 Å². The van der Waals surface area contributed by atoms with Crippen LogP contribution in [0.3, 0.4) is 0 Å². The maximum Gasteiger partial charge on any atom is 0.0152 e. The van der Waals surface area contributed by atoms with Gasteiger partial charge in [-0.05, 0) is 35.7 Å². The molecule has 0 spiro atoms. The summed E-state index contributed by atoms with van der Waals surface area (Å²) in [5.41, 5.74) is 3.77. The molecule has 3 aromatic carbocycles. The van der Waals surface area contributed by atoms with Crippen LogP contribution in [-0.2, 0) is 0 Å². The Labute approximate surface area is 136 Å². The molecule has 3 aromatic rings. The summed E-state index contributed by atoms with van der Waals surface area (Å²) in [4.78, 5) is 2.55. The maximum absolute atomic E-state index is 2.20. The topological polar surface area (TPSA) is 0 Å². The molecule has 0 saturated carbocycles. The van der Waals surface area contributed by atoms with E-state index < -0.39 is 0 Å². The lowest BCUT2D eigenvalue weighted by atomic mass is 10.0. The SMILES string of the molecule is C/C=C(\Sc1ccccc1)c1ccc(-c2ccccc2)cc1. The molecule has 0 radical (unpaired) electrons. The van der Waals surface area contributed by atoms with Crippen LogP contribution >= 0.6 is 11.8 Å². The van der Waals surface area contributed by atoms with Crippen LogP contribution in [0.25, 0.3) is 16.0 Å². The van der Waals surface area contributed by atoms with E-state index in [9.17, 15) is 0 Å². The highest BCUT2D eigenvalue weighted by molar-refractivity contribution is 8.08. The molecule has 0 unspecified atom stereocenters. The minimum atomic E-state index is 1.25. The zero-order chi connectivity index (χ0) is 15.2. The Balaban J connectivity index is 1.82. The monoisotopic (exact) mass is 302 g/mol. The molecule has 0 aliphatic carbocycles. The summed E-state index contributed by atoms with van der Waals surface area (Å²) >= 11 is 1.80. The highest BCUT2D eigenvalue weighted by Gasteiger charge is 2.04. The molecule has 0 bridgehead atoms. The van der Waals surface area contributed by atoms with Crippen LogP contribution in [0.5, 0.6) is 0 Å². The second-order valence-corrected chi connectivity index (χ2v) is 6.13. The van der Waals surface area contributed by atoms with Gasteiger partial charge in [0.15, 0.2) is 0 Å². The molecule has 0 heterocycles. The quantitative estimate of drug-likeness (QED) is 0.495. The molecule has 0 aliphatic heterocycles. The van der Waals surface area contributed by atoms with E-state index in [0.717, 1.165) is 0 Å². The minimum absolute atomic E-state index is 1.25. The van der Waals surface area contributed by atoms with E-state index in [1.165, 1.54) is 26.5 Å². The average molecular weight is 302 g/mol. The molecular weight excluding hydrogens is 284 g/mol. The van der Waals surface area contributed by atoms with Crippen molar-refractivity contribution in [2.24, 2.45) is 0 Å². The Morgan fingerprint density at radius 2 is 1.23 bits per heavy atom. The van der Waals surface area contributed by atoms with Crippen LogP contribution < -0.4 is 0 Å². The largest absolute Gasteiger partial charge is 0.0898 e. The first-order valence-corrected chi connectivity index (χ1v) is 8.23. The molecule has 0 amide bonds. The molecule has 0 nitrogen and oxygen atoms in total. The molecule has 108 valence electrons. The summed E-state index contributed by atoms with van der Waals surface area (Å²) in [6, 6.07) is 29.8. The van der Waals surface area contributed by atoms with Gasteiger partial charge in [0, 0.05) is 9.80 Å². The molecule has 3 rings (SSSR count). The van der Waals surface area contributed by atoms with E-state index >= 15 is 0 Å². The van der Waals surface area contributed by atoms with E-state index in [1.54, 1.807) is 11.8 Å². The van der Waals surface area contributed by atoms with E-state index in [2.05, 4.69) is 85.8 Å². The highest BCUT2D eigenvalue weighted by Crippen LogP contribution is 2.34. The summed E-state index contributed by atoms with van der Waals surface area (Å²) in [7, 11) is 0. The van der Waals surface area contributed by atoms with Crippen molar-refractivity contribution < 1.29 is 0 Å². The van der Waals surface area contributed by atoms with Gasteiger partial charge < -0.3 is 0 Å². The summed E-state index contributed by atoms with van der Waals surface area (Å²) in [5.74, 6) is 0. The lowest BCUT2D eigenvalue weighted by Gasteiger charge is -2.08. The maximum atomic E-state index is 2.20. The van der Waals surface area contributed by atoms with Gasteiger partial charge in [-0.1, -0.05) is 90.6 Å². The van der Waals surface area contributed by atoms with Gasteiger partial charge in [0.05, 0.1) is 0 Å². The molecule has 0 fully saturated rings. The second kappa shape index (κ2) is 7.15. The first kappa shape index (κ1) is 14.7. The van der Waals surface area contributed by atoms with E-state index in [4.69, 9.17) is 0 Å². The van der Waals surface area contributed by atoms with Crippen molar-refractivity contribution in [1.82, 2.24) is 0 Å². The van der Waals surface area contributed by atoms with Gasteiger partial charge in [-0.25, -0.2) is 0 Å². The number of rotatable bonds is 4. The standard InChI is InChI=1S/C21H18S/c1-2-21(22-20-11-7-4-8-12-20)19-15-13-18(14-16-19)17-9-5-3-6-10-17/h2-16H,1H3/b21-2-. The second-order valence-electron chi connectivity index (χ2n) is 5.01. The third-order valence-corrected chi connectivity index (χ3v) is 4.71. The van der Waals surface area contributed by atoms with Crippen molar-refractivity contribution in [2.45, 2.75) is 11.8 Å². The van der Waals surface area contributed by atoms with Crippen LogP contribution in [0.1, 0.15) is 12.5 Å². The number of benzene rings is 3. The van der Waals surface area contributed by atoms with Gasteiger partial charge in [0.2, 0.25) is 0 Å². The summed E-state index contributed by atoms with van der Waals surface area (Å²) in [6.45, 7) is 2.09. The third-order valence-electron chi connectivity index (χ3n) is 3.51. The summed E-state index contributed by atoms with van der Waals surface area (Å²) < 4.78 is 0. The zero-order valence-electron chi connectivity index (χ0n) is 12.6. The fraction of sp³-hybridized carbons (Fsp3) is 0.0476.